The van der Waals surface area contributed by atoms with Crippen molar-refractivity contribution in [2.24, 2.45) is 10.9 Å². The van der Waals surface area contributed by atoms with Crippen LogP contribution in [0.25, 0.3) is 10.8 Å². The molecule has 0 aliphatic rings. The molecule has 70 valence electrons. The Hall–Kier alpha value is -2.03. The summed E-state index contributed by atoms with van der Waals surface area (Å²) in [5, 5.41) is 14.8. The van der Waals surface area contributed by atoms with Gasteiger partial charge < -0.3 is 10.9 Å². The van der Waals surface area contributed by atoms with Crippen molar-refractivity contribution in [1.82, 2.24) is 0 Å². The number of phenols is 1. The largest absolute Gasteiger partial charge is 0.507 e. The van der Waals surface area contributed by atoms with Crippen LogP contribution in [0.4, 0.5) is 0 Å². The molecule has 3 N–H and O–H groups in total. The molecular formula is C11H10N2O. The minimum atomic E-state index is 0.273. The number of hydrogen-bond donors (Lipinski definition) is 2. The van der Waals surface area contributed by atoms with Gasteiger partial charge in [-0.05, 0) is 17.5 Å². The van der Waals surface area contributed by atoms with E-state index in [-0.39, 0.29) is 5.75 Å². The zero-order valence-electron chi connectivity index (χ0n) is 7.51. The molecule has 14 heavy (non-hydrogen) atoms. The van der Waals surface area contributed by atoms with Crippen LogP contribution >= 0.6 is 0 Å². The number of nitrogens with two attached hydrogens (primary N) is 1. The van der Waals surface area contributed by atoms with Crippen molar-refractivity contribution in [2.45, 2.75) is 0 Å². The van der Waals surface area contributed by atoms with E-state index in [1.54, 1.807) is 18.3 Å². The van der Waals surface area contributed by atoms with Crippen LogP contribution in [0.1, 0.15) is 5.56 Å². The highest BCUT2D eigenvalue weighted by Crippen LogP contribution is 2.26. The molecule has 2 rings (SSSR count). The Bertz CT molecular complexity index is 492. The lowest BCUT2D eigenvalue weighted by Crippen LogP contribution is -1.88. The van der Waals surface area contributed by atoms with Crippen LogP contribution in [0.3, 0.4) is 0 Å². The third-order valence-corrected chi connectivity index (χ3v) is 2.15. The van der Waals surface area contributed by atoms with Gasteiger partial charge in [-0.25, -0.2) is 0 Å². The molecule has 2 aromatic rings. The number of fused-ring (bicyclic) bond motifs is 1. The summed E-state index contributed by atoms with van der Waals surface area (Å²) < 4.78 is 0. The molecule has 0 heterocycles. The third kappa shape index (κ3) is 1.29. The van der Waals surface area contributed by atoms with Crippen molar-refractivity contribution in [3.63, 3.8) is 0 Å². The van der Waals surface area contributed by atoms with Crippen molar-refractivity contribution in [3.05, 3.63) is 42.0 Å². The van der Waals surface area contributed by atoms with E-state index in [2.05, 4.69) is 5.10 Å². The summed E-state index contributed by atoms with van der Waals surface area (Å²) in [4.78, 5) is 0. The second-order valence-corrected chi connectivity index (χ2v) is 3.00. The number of benzene rings is 2. The van der Waals surface area contributed by atoms with Gasteiger partial charge in [0.05, 0.1) is 6.21 Å². The third-order valence-electron chi connectivity index (χ3n) is 2.15. The van der Waals surface area contributed by atoms with Gasteiger partial charge in [-0.3, -0.25) is 0 Å². The Morgan fingerprint density at radius 1 is 1.07 bits per heavy atom. The second-order valence-electron chi connectivity index (χ2n) is 3.00. The monoisotopic (exact) mass is 186 g/mol. The summed E-state index contributed by atoms with van der Waals surface area (Å²) in [6.45, 7) is 0. The molecule has 0 aromatic heterocycles. The molecule has 0 spiro atoms. The average Bonchev–Trinajstić information content (AvgIpc) is 2.23. The van der Waals surface area contributed by atoms with Gasteiger partial charge in [-0.2, -0.15) is 5.10 Å². The normalized spacial score (nSPS) is 11.1. The van der Waals surface area contributed by atoms with E-state index in [1.807, 2.05) is 24.3 Å². The van der Waals surface area contributed by atoms with Crippen molar-refractivity contribution in [3.8, 4) is 5.75 Å². The van der Waals surface area contributed by atoms with Crippen molar-refractivity contribution < 1.29 is 5.11 Å². The average molecular weight is 186 g/mol. The summed E-state index contributed by atoms with van der Waals surface area (Å²) in [5.41, 5.74) is 0.904. The maximum absolute atomic E-state index is 9.59. The fourth-order valence-corrected chi connectivity index (χ4v) is 1.50. The van der Waals surface area contributed by atoms with E-state index in [0.717, 1.165) is 16.3 Å². The lowest BCUT2D eigenvalue weighted by atomic mass is 10.0. The molecule has 0 fully saturated rings. The van der Waals surface area contributed by atoms with E-state index in [0.29, 0.717) is 0 Å². The number of rotatable bonds is 1. The van der Waals surface area contributed by atoms with Gasteiger partial charge in [0, 0.05) is 10.9 Å². The number of aromatic hydroxyl groups is 1. The Morgan fingerprint density at radius 3 is 2.50 bits per heavy atom. The van der Waals surface area contributed by atoms with Crippen LogP contribution in [0, 0.1) is 0 Å². The maximum atomic E-state index is 9.59. The molecule has 0 atom stereocenters. The summed E-state index contributed by atoms with van der Waals surface area (Å²) in [6.07, 6.45) is 1.57. The molecule has 2 aromatic carbocycles. The topological polar surface area (TPSA) is 58.6 Å². The Balaban J connectivity index is 2.81. The van der Waals surface area contributed by atoms with Crippen LogP contribution in [-0.4, -0.2) is 11.3 Å². The van der Waals surface area contributed by atoms with Crippen molar-refractivity contribution >= 4 is 17.0 Å². The standard InChI is InChI=1S/C11H10N2O/c12-13-7-8-5-6-11(14)10-4-2-1-3-9(8)10/h1-7,14H,12H2. The van der Waals surface area contributed by atoms with Crippen LogP contribution in [0.15, 0.2) is 41.5 Å². The van der Waals surface area contributed by atoms with Gasteiger partial charge in [0.1, 0.15) is 5.75 Å². The fourth-order valence-electron chi connectivity index (χ4n) is 1.50. The maximum Gasteiger partial charge on any atom is 0.123 e. The fraction of sp³-hybridized carbons (Fsp3) is 0. The SMILES string of the molecule is NN=Cc1ccc(O)c2ccccc12. The smallest absolute Gasteiger partial charge is 0.123 e. The highest BCUT2D eigenvalue weighted by atomic mass is 16.3. The number of hydrazone groups is 1. The van der Waals surface area contributed by atoms with Crippen LogP contribution in [0.2, 0.25) is 0 Å². The number of nitrogens with zero attached hydrogens (tertiary/aromatic N) is 1. The molecule has 0 amide bonds. The highest BCUT2D eigenvalue weighted by Gasteiger charge is 2.01. The number of phenolic OH excluding ortho intramolecular Hbond substituents is 1. The quantitative estimate of drug-likeness (QED) is 0.405. The molecule has 0 aliphatic heterocycles. The first kappa shape index (κ1) is 8.56. The Labute approximate surface area is 81.5 Å². The van der Waals surface area contributed by atoms with E-state index in [4.69, 9.17) is 5.84 Å². The molecule has 0 saturated carbocycles. The summed E-state index contributed by atoms with van der Waals surface area (Å²) in [5.74, 6) is 5.37. The van der Waals surface area contributed by atoms with Gasteiger partial charge in [0.25, 0.3) is 0 Å². The van der Waals surface area contributed by atoms with Crippen LogP contribution < -0.4 is 5.84 Å². The van der Waals surface area contributed by atoms with Gasteiger partial charge in [0.15, 0.2) is 0 Å². The molecular weight excluding hydrogens is 176 g/mol. The first-order valence-electron chi connectivity index (χ1n) is 4.27. The molecule has 0 saturated heterocycles. The number of hydrogen-bond acceptors (Lipinski definition) is 3. The first-order valence-corrected chi connectivity index (χ1v) is 4.27. The first-order chi connectivity index (χ1) is 6.83. The molecule has 0 unspecified atom stereocenters. The van der Waals surface area contributed by atoms with E-state index < -0.39 is 0 Å². The Morgan fingerprint density at radius 2 is 1.79 bits per heavy atom. The summed E-state index contributed by atoms with van der Waals surface area (Å²) in [7, 11) is 0. The van der Waals surface area contributed by atoms with E-state index in [1.165, 1.54) is 0 Å². The van der Waals surface area contributed by atoms with Crippen molar-refractivity contribution in [1.29, 1.82) is 0 Å². The van der Waals surface area contributed by atoms with Crippen molar-refractivity contribution in [2.75, 3.05) is 0 Å². The van der Waals surface area contributed by atoms with Gasteiger partial charge in [-0.1, -0.05) is 24.3 Å². The predicted molar refractivity (Wildman–Crippen MR) is 57.4 cm³/mol. The van der Waals surface area contributed by atoms with Crippen LogP contribution in [0.5, 0.6) is 5.75 Å². The minimum absolute atomic E-state index is 0.273. The van der Waals surface area contributed by atoms with Gasteiger partial charge >= 0.3 is 0 Å². The molecule has 3 heteroatoms. The molecule has 0 bridgehead atoms. The van der Waals surface area contributed by atoms with E-state index in [9.17, 15) is 5.11 Å². The zero-order chi connectivity index (χ0) is 9.97. The van der Waals surface area contributed by atoms with Gasteiger partial charge in [0.2, 0.25) is 0 Å². The Kier molecular flexibility index (Phi) is 2.07. The minimum Gasteiger partial charge on any atom is -0.507 e. The molecule has 0 aliphatic carbocycles. The predicted octanol–water partition coefficient (Wildman–Crippen LogP) is 1.84. The summed E-state index contributed by atoms with van der Waals surface area (Å²) >= 11 is 0. The second kappa shape index (κ2) is 3.38. The van der Waals surface area contributed by atoms with E-state index >= 15 is 0 Å². The summed E-state index contributed by atoms with van der Waals surface area (Å²) in [6, 6.07) is 11.0. The lowest BCUT2D eigenvalue weighted by molar-refractivity contribution is 0.481. The van der Waals surface area contributed by atoms with Crippen LogP contribution in [-0.2, 0) is 0 Å². The highest BCUT2D eigenvalue weighted by molar-refractivity contribution is 6.02. The van der Waals surface area contributed by atoms with Gasteiger partial charge in [-0.15, -0.1) is 0 Å². The molecule has 0 radical (unpaired) electrons. The molecule has 3 nitrogen and oxygen atoms in total. The zero-order valence-corrected chi connectivity index (χ0v) is 7.51. The lowest BCUT2D eigenvalue weighted by Gasteiger charge is -2.03.